The van der Waals surface area contributed by atoms with Gasteiger partial charge in [-0.15, -0.1) is 0 Å². The largest absolute Gasteiger partial charge is 0.493 e. The van der Waals surface area contributed by atoms with Crippen LogP contribution in [0.4, 0.5) is 0 Å². The molecule has 0 N–H and O–H groups in total. The van der Waals surface area contributed by atoms with Crippen LogP contribution >= 0.6 is 0 Å². The molecule has 6 heteroatoms. The fourth-order valence-electron chi connectivity index (χ4n) is 5.00. The predicted octanol–water partition coefficient (Wildman–Crippen LogP) is 4.81. The minimum atomic E-state index is 0.264. The number of aryl methyl sites for hydroxylation is 2. The maximum absolute atomic E-state index is 6.28. The van der Waals surface area contributed by atoms with Gasteiger partial charge < -0.3 is 23.7 Å². The summed E-state index contributed by atoms with van der Waals surface area (Å²) in [7, 11) is 3.35. The van der Waals surface area contributed by atoms with Crippen LogP contribution in [0.3, 0.4) is 0 Å². The number of hydrogen-bond donors (Lipinski definition) is 0. The summed E-state index contributed by atoms with van der Waals surface area (Å²) in [5.74, 6) is 3.06. The van der Waals surface area contributed by atoms with Crippen LogP contribution < -0.4 is 23.5 Å². The highest BCUT2D eigenvalue weighted by molar-refractivity contribution is 5.95. The number of hydrogen-bond acceptors (Lipinski definition) is 5. The Hall–Kier alpha value is -3.77. The van der Waals surface area contributed by atoms with Gasteiger partial charge in [-0.1, -0.05) is 30.3 Å². The molecule has 0 amide bonds. The quantitative estimate of drug-likeness (QED) is 0.390. The van der Waals surface area contributed by atoms with Crippen LogP contribution in [-0.2, 0) is 30.9 Å². The molecular weight excluding hydrogens is 430 g/mol. The highest BCUT2D eigenvalue weighted by Crippen LogP contribution is 2.43. The van der Waals surface area contributed by atoms with E-state index in [1.807, 2.05) is 24.3 Å². The summed E-state index contributed by atoms with van der Waals surface area (Å²) in [6.07, 6.45) is 3.08. The van der Waals surface area contributed by atoms with Gasteiger partial charge in [-0.05, 0) is 35.4 Å². The number of rotatable bonds is 6. The zero-order valence-corrected chi connectivity index (χ0v) is 19.3. The second-order valence-electron chi connectivity index (χ2n) is 8.50. The van der Waals surface area contributed by atoms with Crippen LogP contribution in [0.5, 0.6) is 23.0 Å². The molecule has 0 saturated heterocycles. The Morgan fingerprint density at radius 2 is 1.71 bits per heavy atom. The maximum atomic E-state index is 6.28. The molecule has 172 valence electrons. The fourth-order valence-corrected chi connectivity index (χ4v) is 5.00. The molecule has 0 fully saturated rings. The second-order valence-corrected chi connectivity index (χ2v) is 8.50. The molecule has 6 nitrogen and oxygen atoms in total. The molecule has 34 heavy (non-hydrogen) atoms. The van der Waals surface area contributed by atoms with Crippen LogP contribution in [0.1, 0.15) is 16.7 Å². The van der Waals surface area contributed by atoms with Crippen molar-refractivity contribution in [2.24, 2.45) is 0 Å². The highest BCUT2D eigenvalue weighted by atomic mass is 16.7. The number of benzene rings is 3. The summed E-state index contributed by atoms with van der Waals surface area (Å²) in [5, 5.41) is 2.09. The number of pyridine rings is 1. The van der Waals surface area contributed by atoms with Gasteiger partial charge in [0.05, 0.1) is 43.9 Å². The lowest BCUT2D eigenvalue weighted by Gasteiger charge is -2.21. The van der Waals surface area contributed by atoms with Gasteiger partial charge in [0.15, 0.2) is 35.7 Å². The molecule has 6 rings (SSSR count). The van der Waals surface area contributed by atoms with Gasteiger partial charge in [-0.2, -0.15) is 4.57 Å². The SMILES string of the molecule is COc1ccc2c(COCc3ccccc3)c3[n+](cc2c1OC)CCc1cc2c(cc1-3)OCO2. The average Bonchev–Trinajstić information content (AvgIpc) is 3.34. The third kappa shape index (κ3) is 3.42. The monoisotopic (exact) mass is 456 g/mol. The van der Waals surface area contributed by atoms with E-state index < -0.39 is 0 Å². The molecule has 0 unspecified atom stereocenters. The third-order valence-corrected chi connectivity index (χ3v) is 6.60. The van der Waals surface area contributed by atoms with E-state index in [9.17, 15) is 0 Å². The molecule has 1 aromatic heterocycles. The average molecular weight is 457 g/mol. The fraction of sp³-hybridized carbons (Fsp3) is 0.250. The lowest BCUT2D eigenvalue weighted by atomic mass is 9.91. The minimum Gasteiger partial charge on any atom is -0.493 e. The number of methoxy groups -OCH3 is 2. The molecule has 2 aliphatic heterocycles. The first-order chi connectivity index (χ1) is 16.8. The molecule has 0 atom stereocenters. The molecule has 0 radical (unpaired) electrons. The molecule has 3 heterocycles. The summed E-state index contributed by atoms with van der Waals surface area (Å²) in [6.45, 7) is 2.12. The molecule has 0 aliphatic carbocycles. The Morgan fingerprint density at radius 3 is 2.50 bits per heavy atom. The van der Waals surface area contributed by atoms with Crippen molar-refractivity contribution in [3.8, 4) is 34.3 Å². The van der Waals surface area contributed by atoms with Crippen LogP contribution in [-0.4, -0.2) is 21.0 Å². The Bertz CT molecular complexity index is 1380. The van der Waals surface area contributed by atoms with Crippen molar-refractivity contribution in [1.82, 2.24) is 0 Å². The van der Waals surface area contributed by atoms with Gasteiger partial charge in [-0.25, -0.2) is 0 Å². The van der Waals surface area contributed by atoms with Crippen molar-refractivity contribution in [3.05, 3.63) is 77.5 Å². The molecule has 3 aromatic carbocycles. The standard InChI is InChI=1S/C28H26NO5/c1-30-24-9-8-20-22(28(24)31-2)14-29-11-10-19-12-25-26(34-17-33-25)13-21(19)27(29)23(20)16-32-15-18-6-4-3-5-7-18/h3-9,12-14H,10-11,15-17H2,1-2H3/q+1. The molecule has 4 aromatic rings. The third-order valence-electron chi connectivity index (χ3n) is 6.60. The van der Waals surface area contributed by atoms with Gasteiger partial charge in [0, 0.05) is 11.8 Å². The molecule has 0 bridgehead atoms. The van der Waals surface area contributed by atoms with E-state index >= 15 is 0 Å². The van der Waals surface area contributed by atoms with Gasteiger partial charge in [-0.3, -0.25) is 0 Å². The zero-order valence-electron chi connectivity index (χ0n) is 19.3. The summed E-state index contributed by atoms with van der Waals surface area (Å²) < 4.78 is 31.3. The first-order valence-corrected chi connectivity index (χ1v) is 11.4. The molecule has 0 saturated carbocycles. The maximum Gasteiger partial charge on any atom is 0.231 e. The van der Waals surface area contributed by atoms with Crippen molar-refractivity contribution in [2.45, 2.75) is 26.2 Å². The summed E-state index contributed by atoms with van der Waals surface area (Å²) >= 11 is 0. The number of aromatic nitrogens is 1. The van der Waals surface area contributed by atoms with Crippen LogP contribution in [0.15, 0.2) is 60.8 Å². The van der Waals surface area contributed by atoms with E-state index in [0.29, 0.717) is 19.0 Å². The van der Waals surface area contributed by atoms with Crippen LogP contribution in [0.25, 0.3) is 22.0 Å². The highest BCUT2D eigenvalue weighted by Gasteiger charge is 2.32. The Balaban J connectivity index is 1.52. The van der Waals surface area contributed by atoms with Crippen LogP contribution in [0.2, 0.25) is 0 Å². The van der Waals surface area contributed by atoms with E-state index in [1.165, 1.54) is 5.56 Å². The minimum absolute atomic E-state index is 0.264. The number of ether oxygens (including phenoxy) is 5. The second kappa shape index (κ2) is 8.54. The summed E-state index contributed by atoms with van der Waals surface area (Å²) in [6, 6.07) is 18.5. The van der Waals surface area contributed by atoms with Crippen LogP contribution in [0, 0.1) is 0 Å². The van der Waals surface area contributed by atoms with Crippen molar-refractivity contribution < 1.29 is 28.3 Å². The van der Waals surface area contributed by atoms with Crippen molar-refractivity contribution in [2.75, 3.05) is 21.0 Å². The van der Waals surface area contributed by atoms with Crippen molar-refractivity contribution in [1.29, 1.82) is 0 Å². The van der Waals surface area contributed by atoms with E-state index in [-0.39, 0.29) is 6.79 Å². The van der Waals surface area contributed by atoms with E-state index in [0.717, 1.165) is 63.4 Å². The summed E-state index contributed by atoms with van der Waals surface area (Å²) in [4.78, 5) is 0. The first-order valence-electron chi connectivity index (χ1n) is 11.4. The van der Waals surface area contributed by atoms with Crippen molar-refractivity contribution >= 4 is 10.8 Å². The smallest absolute Gasteiger partial charge is 0.231 e. The number of nitrogens with zero attached hydrogens (tertiary/aromatic N) is 1. The lowest BCUT2D eigenvalue weighted by molar-refractivity contribution is -0.686. The zero-order chi connectivity index (χ0) is 23.1. The van der Waals surface area contributed by atoms with E-state index in [4.69, 9.17) is 23.7 Å². The van der Waals surface area contributed by atoms with E-state index in [1.54, 1.807) is 14.2 Å². The van der Waals surface area contributed by atoms with Gasteiger partial charge in [0.2, 0.25) is 12.5 Å². The van der Waals surface area contributed by atoms with Crippen molar-refractivity contribution in [3.63, 3.8) is 0 Å². The van der Waals surface area contributed by atoms with Gasteiger partial charge >= 0.3 is 0 Å². The first kappa shape index (κ1) is 20.8. The Labute approximate surface area is 198 Å². The topological polar surface area (TPSA) is 50.0 Å². The predicted molar refractivity (Wildman–Crippen MR) is 127 cm³/mol. The Morgan fingerprint density at radius 1 is 0.882 bits per heavy atom. The van der Waals surface area contributed by atoms with Gasteiger partial charge in [0.25, 0.3) is 0 Å². The molecular formula is C28H26NO5+. The van der Waals surface area contributed by atoms with E-state index in [2.05, 4.69) is 41.1 Å². The Kier molecular flexibility index (Phi) is 5.23. The molecule has 0 spiro atoms. The van der Waals surface area contributed by atoms with Gasteiger partial charge in [0.1, 0.15) is 0 Å². The normalized spacial score (nSPS) is 13.5. The summed E-state index contributed by atoms with van der Waals surface area (Å²) in [5.41, 5.74) is 5.83. The number of fused-ring (bicyclic) bond motifs is 5. The lowest BCUT2D eigenvalue weighted by Crippen LogP contribution is -2.41. The molecule has 2 aliphatic rings.